The van der Waals surface area contributed by atoms with Gasteiger partial charge >= 0.3 is 0 Å². The second-order valence-electron chi connectivity index (χ2n) is 7.96. The van der Waals surface area contributed by atoms with Crippen molar-refractivity contribution >= 4 is 28.3 Å². The van der Waals surface area contributed by atoms with Crippen molar-refractivity contribution in [2.45, 2.75) is 38.6 Å². The molecule has 1 saturated carbocycles. The van der Waals surface area contributed by atoms with Crippen LogP contribution in [0.5, 0.6) is 5.88 Å². The first-order valence-electron chi connectivity index (χ1n) is 10.3. The Morgan fingerprint density at radius 3 is 2.86 bits per heavy atom. The third-order valence-electron chi connectivity index (χ3n) is 6.10. The molecule has 1 aliphatic carbocycles. The molecule has 0 bridgehead atoms. The Morgan fingerprint density at radius 1 is 1.14 bits per heavy atom. The van der Waals surface area contributed by atoms with Crippen molar-refractivity contribution in [3.63, 3.8) is 0 Å². The normalized spacial score (nSPS) is 17.8. The lowest BCUT2D eigenvalue weighted by Gasteiger charge is -2.23. The molecular weight excluding hydrogens is 366 g/mol. The number of fused-ring (bicyclic) bond motifs is 2. The lowest BCUT2D eigenvalue weighted by Crippen LogP contribution is -2.32. The van der Waals surface area contributed by atoms with Crippen LogP contribution >= 0.6 is 0 Å². The largest absolute Gasteiger partial charge is 0.475 e. The van der Waals surface area contributed by atoms with E-state index in [0.717, 1.165) is 23.5 Å². The van der Waals surface area contributed by atoms with Gasteiger partial charge in [0.2, 0.25) is 5.88 Å². The summed E-state index contributed by atoms with van der Waals surface area (Å²) in [6.45, 7) is 1.86. The fourth-order valence-electron chi connectivity index (χ4n) is 4.57. The molecule has 150 valence electrons. The first-order valence-corrected chi connectivity index (χ1v) is 10.3. The zero-order valence-electron chi connectivity index (χ0n) is 16.4. The van der Waals surface area contributed by atoms with Gasteiger partial charge in [0.15, 0.2) is 0 Å². The molecule has 7 heteroatoms. The topological polar surface area (TPSA) is 86.3 Å². The second-order valence-corrected chi connectivity index (χ2v) is 7.96. The van der Waals surface area contributed by atoms with Gasteiger partial charge in [-0.1, -0.05) is 19.3 Å². The minimum Gasteiger partial charge on any atom is -0.475 e. The van der Waals surface area contributed by atoms with Crippen LogP contribution < -0.4 is 15.4 Å². The number of hydrogen-bond acceptors (Lipinski definition) is 5. The van der Waals surface area contributed by atoms with Crippen molar-refractivity contribution in [3.05, 3.63) is 42.4 Å². The first-order chi connectivity index (χ1) is 14.2. The van der Waals surface area contributed by atoms with Crippen molar-refractivity contribution in [2.24, 2.45) is 5.92 Å². The summed E-state index contributed by atoms with van der Waals surface area (Å²) in [6.07, 6.45) is 10.2. The number of nitrogens with two attached hydrogens (primary N) is 1. The summed E-state index contributed by atoms with van der Waals surface area (Å²) in [5.41, 5.74) is 8.22. The Labute approximate surface area is 169 Å². The molecule has 1 aromatic carbocycles. The molecule has 29 heavy (non-hydrogen) atoms. The number of aromatic nitrogens is 3. The third kappa shape index (κ3) is 3.30. The van der Waals surface area contributed by atoms with Gasteiger partial charge < -0.3 is 19.9 Å². The number of nitrogen functional groups attached to an aromatic ring is 1. The van der Waals surface area contributed by atoms with Crippen LogP contribution in [0.15, 0.2) is 36.8 Å². The van der Waals surface area contributed by atoms with Gasteiger partial charge in [-0.3, -0.25) is 4.79 Å². The third-order valence-corrected chi connectivity index (χ3v) is 6.10. The van der Waals surface area contributed by atoms with Crippen molar-refractivity contribution < 1.29 is 9.53 Å². The zero-order valence-corrected chi connectivity index (χ0v) is 16.4. The highest BCUT2D eigenvalue weighted by Crippen LogP contribution is 2.31. The molecule has 0 spiro atoms. The molecule has 5 rings (SSSR count). The van der Waals surface area contributed by atoms with E-state index in [4.69, 9.17) is 10.5 Å². The molecule has 0 unspecified atom stereocenters. The number of amides is 1. The average Bonchev–Trinajstić information content (AvgIpc) is 3.04. The minimum atomic E-state index is -0.225. The SMILES string of the molecule is Nc1ncnc2c1C(=O)N(c1ccc3c(ccn3CC3CCCCC3)c1)CCO2. The zero-order chi connectivity index (χ0) is 19.8. The highest BCUT2D eigenvalue weighted by atomic mass is 16.5. The van der Waals surface area contributed by atoms with E-state index in [1.54, 1.807) is 4.90 Å². The smallest absolute Gasteiger partial charge is 0.267 e. The van der Waals surface area contributed by atoms with E-state index < -0.39 is 0 Å². The van der Waals surface area contributed by atoms with Crippen molar-refractivity contribution in [2.75, 3.05) is 23.8 Å². The van der Waals surface area contributed by atoms with Gasteiger partial charge in [-0.15, -0.1) is 0 Å². The summed E-state index contributed by atoms with van der Waals surface area (Å²) in [4.78, 5) is 22.9. The number of ether oxygens (including phenoxy) is 1. The Balaban J connectivity index is 1.44. The van der Waals surface area contributed by atoms with Gasteiger partial charge in [0.1, 0.15) is 24.3 Å². The maximum absolute atomic E-state index is 13.1. The number of benzene rings is 1. The molecule has 2 aliphatic rings. The Hall–Kier alpha value is -3.09. The fourth-order valence-corrected chi connectivity index (χ4v) is 4.57. The Bertz CT molecular complexity index is 1050. The summed E-state index contributed by atoms with van der Waals surface area (Å²) in [5, 5.41) is 1.13. The molecule has 2 N–H and O–H groups in total. The summed E-state index contributed by atoms with van der Waals surface area (Å²) in [5.74, 6) is 0.941. The van der Waals surface area contributed by atoms with E-state index in [9.17, 15) is 4.79 Å². The van der Waals surface area contributed by atoms with E-state index in [0.29, 0.717) is 13.2 Å². The highest BCUT2D eigenvalue weighted by Gasteiger charge is 2.29. The van der Waals surface area contributed by atoms with E-state index >= 15 is 0 Å². The molecule has 0 radical (unpaired) electrons. The number of hydrogen-bond donors (Lipinski definition) is 1. The minimum absolute atomic E-state index is 0.145. The van der Waals surface area contributed by atoms with Crippen LogP contribution in [0.25, 0.3) is 10.9 Å². The predicted molar refractivity (Wildman–Crippen MR) is 112 cm³/mol. The van der Waals surface area contributed by atoms with Crippen LogP contribution in [0, 0.1) is 5.92 Å². The van der Waals surface area contributed by atoms with Crippen molar-refractivity contribution in [1.82, 2.24) is 14.5 Å². The molecule has 3 aromatic rings. The molecule has 1 aliphatic heterocycles. The molecule has 3 heterocycles. The van der Waals surface area contributed by atoms with Gasteiger partial charge in [-0.25, -0.2) is 9.97 Å². The maximum Gasteiger partial charge on any atom is 0.267 e. The van der Waals surface area contributed by atoms with Crippen LogP contribution in [0.1, 0.15) is 42.5 Å². The number of rotatable bonds is 3. The lowest BCUT2D eigenvalue weighted by molar-refractivity contribution is 0.0990. The summed E-state index contributed by atoms with van der Waals surface area (Å²) in [7, 11) is 0. The number of anilines is 2. The van der Waals surface area contributed by atoms with E-state index in [1.807, 2.05) is 6.07 Å². The maximum atomic E-state index is 13.1. The lowest BCUT2D eigenvalue weighted by atomic mass is 9.89. The second kappa shape index (κ2) is 7.39. The van der Waals surface area contributed by atoms with Gasteiger partial charge in [0.05, 0.1) is 6.54 Å². The van der Waals surface area contributed by atoms with Crippen LogP contribution in [0.3, 0.4) is 0 Å². The standard InChI is InChI=1S/C22H25N5O2/c23-20-19-21(25-14-24-20)29-11-10-27(22(19)28)17-6-7-18-16(12-17)8-9-26(18)13-15-4-2-1-3-5-15/h6-9,12,14-15H,1-5,10-11,13H2,(H2,23,24,25). The molecule has 0 atom stereocenters. The van der Waals surface area contributed by atoms with Crippen LogP contribution in [-0.4, -0.2) is 33.6 Å². The van der Waals surface area contributed by atoms with Gasteiger partial charge in [0.25, 0.3) is 5.91 Å². The number of carbonyl (C=O) groups is 1. The van der Waals surface area contributed by atoms with Gasteiger partial charge in [-0.2, -0.15) is 0 Å². The average molecular weight is 391 g/mol. The number of nitrogens with zero attached hydrogens (tertiary/aromatic N) is 4. The molecule has 0 saturated heterocycles. The predicted octanol–water partition coefficient (Wildman–Crippen LogP) is 3.63. The van der Waals surface area contributed by atoms with Crippen LogP contribution in [0.4, 0.5) is 11.5 Å². The Kier molecular flexibility index (Phi) is 4.58. The van der Waals surface area contributed by atoms with Crippen LogP contribution in [-0.2, 0) is 6.54 Å². The van der Waals surface area contributed by atoms with Crippen LogP contribution in [0.2, 0.25) is 0 Å². The summed E-state index contributed by atoms with van der Waals surface area (Å²) < 4.78 is 7.98. The summed E-state index contributed by atoms with van der Waals surface area (Å²) >= 11 is 0. The quantitative estimate of drug-likeness (QED) is 0.737. The first kappa shape index (κ1) is 18.0. The summed E-state index contributed by atoms with van der Waals surface area (Å²) in [6, 6.07) is 8.31. The molecular formula is C22H25N5O2. The van der Waals surface area contributed by atoms with Crippen molar-refractivity contribution in [1.29, 1.82) is 0 Å². The number of carbonyl (C=O) groups excluding carboxylic acids is 1. The highest BCUT2D eigenvalue weighted by molar-refractivity contribution is 6.11. The van der Waals surface area contributed by atoms with Crippen molar-refractivity contribution in [3.8, 4) is 5.88 Å². The van der Waals surface area contributed by atoms with E-state index in [1.165, 1.54) is 43.9 Å². The Morgan fingerprint density at radius 2 is 2.00 bits per heavy atom. The molecule has 1 fully saturated rings. The fraction of sp³-hybridized carbons (Fsp3) is 0.409. The van der Waals surface area contributed by atoms with Gasteiger partial charge in [0, 0.05) is 29.3 Å². The monoisotopic (exact) mass is 391 g/mol. The molecule has 7 nitrogen and oxygen atoms in total. The van der Waals surface area contributed by atoms with Gasteiger partial charge in [-0.05, 0) is 43.0 Å². The molecule has 1 amide bonds. The van der Waals surface area contributed by atoms with E-state index in [2.05, 4.69) is 38.9 Å². The molecule has 2 aromatic heterocycles. The van der Waals surface area contributed by atoms with E-state index in [-0.39, 0.29) is 23.2 Å².